The first-order chi connectivity index (χ1) is 15.8. The number of aryl methyl sites for hydroxylation is 1. The van der Waals surface area contributed by atoms with Gasteiger partial charge in [-0.15, -0.1) is 0 Å². The van der Waals surface area contributed by atoms with Crippen molar-refractivity contribution in [3.05, 3.63) is 62.4 Å². The summed E-state index contributed by atoms with van der Waals surface area (Å²) in [6.07, 6.45) is 0.811. The molecule has 3 heterocycles. The number of aromatic amines is 2. The lowest BCUT2D eigenvalue weighted by atomic mass is 9.96. The van der Waals surface area contributed by atoms with E-state index in [-0.39, 0.29) is 30.6 Å². The molecule has 2 aromatic rings. The van der Waals surface area contributed by atoms with Crippen LogP contribution in [0.1, 0.15) is 24.1 Å². The topological polar surface area (TPSA) is 127 Å². The largest absolute Gasteiger partial charge is 0.340 e. The van der Waals surface area contributed by atoms with Crippen molar-refractivity contribution in [3.63, 3.8) is 0 Å². The van der Waals surface area contributed by atoms with Gasteiger partial charge < -0.3 is 9.88 Å². The first-order valence-corrected chi connectivity index (χ1v) is 12.6. The SMILES string of the molecule is Cc1[nH]c(=O)[nH]c(=O)c1S(=O)(=O)N1CCC(C(=O)N2CCN(Cc3ccccc3)CC2)CC1. The Hall–Kier alpha value is -2.76. The molecule has 178 valence electrons. The third-order valence-corrected chi connectivity index (χ3v) is 8.46. The van der Waals surface area contributed by atoms with Crippen molar-refractivity contribution in [2.75, 3.05) is 39.3 Å². The minimum absolute atomic E-state index is 0.00956. The molecule has 0 aliphatic carbocycles. The summed E-state index contributed by atoms with van der Waals surface area (Å²) in [6.45, 7) is 5.51. The van der Waals surface area contributed by atoms with E-state index in [1.807, 2.05) is 28.1 Å². The number of nitrogens with one attached hydrogen (secondary N) is 2. The molecule has 2 aliphatic heterocycles. The average Bonchev–Trinajstić information content (AvgIpc) is 2.79. The quantitative estimate of drug-likeness (QED) is 0.632. The monoisotopic (exact) mass is 475 g/mol. The molecule has 0 spiro atoms. The Kier molecular flexibility index (Phi) is 6.82. The van der Waals surface area contributed by atoms with Gasteiger partial charge in [-0.05, 0) is 25.3 Å². The van der Waals surface area contributed by atoms with Crippen LogP contribution in [0.3, 0.4) is 0 Å². The fraction of sp³-hybridized carbons (Fsp3) is 0.500. The number of piperazine rings is 1. The van der Waals surface area contributed by atoms with Crippen molar-refractivity contribution in [1.82, 2.24) is 24.1 Å². The molecule has 0 saturated carbocycles. The molecule has 2 aliphatic rings. The third-order valence-electron chi connectivity index (χ3n) is 6.41. The number of piperidine rings is 1. The van der Waals surface area contributed by atoms with Crippen LogP contribution in [0.4, 0.5) is 0 Å². The van der Waals surface area contributed by atoms with Crippen molar-refractivity contribution >= 4 is 15.9 Å². The van der Waals surface area contributed by atoms with Crippen LogP contribution in [0, 0.1) is 12.8 Å². The molecule has 1 aromatic carbocycles. The van der Waals surface area contributed by atoms with Crippen LogP contribution < -0.4 is 11.2 Å². The fourth-order valence-corrected chi connectivity index (χ4v) is 6.27. The van der Waals surface area contributed by atoms with E-state index in [4.69, 9.17) is 0 Å². The van der Waals surface area contributed by atoms with E-state index in [2.05, 4.69) is 22.0 Å². The third kappa shape index (κ3) is 5.10. The number of H-pyrrole nitrogens is 2. The summed E-state index contributed by atoms with van der Waals surface area (Å²) >= 11 is 0. The molecule has 2 N–H and O–H groups in total. The first-order valence-electron chi connectivity index (χ1n) is 11.1. The van der Waals surface area contributed by atoms with Gasteiger partial charge in [0.05, 0.1) is 0 Å². The maximum Gasteiger partial charge on any atom is 0.325 e. The van der Waals surface area contributed by atoms with E-state index in [0.29, 0.717) is 25.9 Å². The molecular formula is C22H29N5O5S. The number of hydrogen-bond acceptors (Lipinski definition) is 6. The number of hydrogen-bond donors (Lipinski definition) is 2. The Morgan fingerprint density at radius 2 is 1.61 bits per heavy atom. The standard InChI is InChI=1S/C22H29N5O5S/c1-16-19(20(28)24-22(30)23-16)33(31,32)27-9-7-18(8-10-27)21(29)26-13-11-25(12-14-26)15-17-5-3-2-4-6-17/h2-6,18H,7-15H2,1H3,(H2,23,24,28,30). The number of benzene rings is 1. The van der Waals surface area contributed by atoms with Crippen LogP contribution in [-0.4, -0.2) is 77.7 Å². The Morgan fingerprint density at radius 3 is 2.21 bits per heavy atom. The second kappa shape index (κ2) is 9.62. The first kappa shape index (κ1) is 23.4. The van der Waals surface area contributed by atoms with Crippen LogP contribution in [0.25, 0.3) is 0 Å². The number of aromatic nitrogens is 2. The zero-order valence-electron chi connectivity index (χ0n) is 18.6. The zero-order valence-corrected chi connectivity index (χ0v) is 19.4. The van der Waals surface area contributed by atoms with Gasteiger partial charge >= 0.3 is 5.69 Å². The van der Waals surface area contributed by atoms with Gasteiger partial charge in [0.1, 0.15) is 0 Å². The Labute approximate surface area is 192 Å². The molecule has 0 radical (unpaired) electrons. The highest BCUT2D eigenvalue weighted by Gasteiger charge is 2.36. The van der Waals surface area contributed by atoms with E-state index in [0.717, 1.165) is 19.6 Å². The summed E-state index contributed by atoms with van der Waals surface area (Å²) in [5, 5.41) is 0. The van der Waals surface area contributed by atoms with Crippen molar-refractivity contribution < 1.29 is 13.2 Å². The molecule has 0 unspecified atom stereocenters. The highest BCUT2D eigenvalue weighted by molar-refractivity contribution is 7.89. The normalized spacial score (nSPS) is 19.0. The van der Waals surface area contributed by atoms with Crippen molar-refractivity contribution in [2.24, 2.45) is 5.92 Å². The number of sulfonamides is 1. The molecule has 11 heteroatoms. The lowest BCUT2D eigenvalue weighted by Crippen LogP contribution is -2.51. The predicted molar refractivity (Wildman–Crippen MR) is 122 cm³/mol. The number of amides is 1. The molecule has 33 heavy (non-hydrogen) atoms. The molecule has 4 rings (SSSR count). The minimum atomic E-state index is -4.06. The summed E-state index contributed by atoms with van der Waals surface area (Å²) in [5.41, 5.74) is -0.412. The second-order valence-corrected chi connectivity index (χ2v) is 10.5. The second-order valence-electron chi connectivity index (χ2n) is 8.63. The fourth-order valence-electron chi connectivity index (χ4n) is 4.60. The average molecular weight is 476 g/mol. The number of carbonyl (C=O) groups excluding carboxylic acids is 1. The Balaban J connectivity index is 1.32. The molecule has 0 atom stereocenters. The molecule has 2 saturated heterocycles. The van der Waals surface area contributed by atoms with Crippen LogP contribution >= 0.6 is 0 Å². The molecule has 0 bridgehead atoms. The van der Waals surface area contributed by atoms with Gasteiger partial charge in [0.15, 0.2) is 4.90 Å². The van der Waals surface area contributed by atoms with E-state index in [1.54, 1.807) is 0 Å². The maximum atomic E-state index is 13.0. The molecule has 10 nitrogen and oxygen atoms in total. The summed E-state index contributed by atoms with van der Waals surface area (Å²) < 4.78 is 27.2. The van der Waals surface area contributed by atoms with Crippen molar-refractivity contribution in [3.8, 4) is 0 Å². The van der Waals surface area contributed by atoms with Crippen LogP contribution in [0.5, 0.6) is 0 Å². The zero-order chi connectivity index (χ0) is 23.6. The van der Waals surface area contributed by atoms with Gasteiger partial charge in [0, 0.05) is 57.4 Å². The minimum Gasteiger partial charge on any atom is -0.340 e. The molecule has 1 aromatic heterocycles. The van der Waals surface area contributed by atoms with Crippen LogP contribution in [0.15, 0.2) is 44.8 Å². The lowest BCUT2D eigenvalue weighted by molar-refractivity contribution is -0.138. The van der Waals surface area contributed by atoms with Gasteiger partial charge in [-0.1, -0.05) is 30.3 Å². The van der Waals surface area contributed by atoms with Crippen molar-refractivity contribution in [1.29, 1.82) is 0 Å². The van der Waals surface area contributed by atoms with Crippen molar-refractivity contribution in [2.45, 2.75) is 31.2 Å². The van der Waals surface area contributed by atoms with Gasteiger partial charge in [-0.2, -0.15) is 4.31 Å². The smallest absolute Gasteiger partial charge is 0.325 e. The summed E-state index contributed by atoms with van der Waals surface area (Å²) in [4.78, 5) is 44.6. The highest BCUT2D eigenvalue weighted by atomic mass is 32.2. The van der Waals surface area contributed by atoms with E-state index in [9.17, 15) is 22.8 Å². The van der Waals surface area contributed by atoms with Crippen LogP contribution in [-0.2, 0) is 21.4 Å². The lowest BCUT2D eigenvalue weighted by Gasteiger charge is -2.38. The maximum absolute atomic E-state index is 13.0. The molecule has 1 amide bonds. The van der Waals surface area contributed by atoms with Gasteiger partial charge in [0.2, 0.25) is 15.9 Å². The Morgan fingerprint density at radius 1 is 0.970 bits per heavy atom. The summed E-state index contributed by atoms with van der Waals surface area (Å²) in [6, 6.07) is 10.2. The van der Waals surface area contributed by atoms with E-state index in [1.165, 1.54) is 16.8 Å². The van der Waals surface area contributed by atoms with Gasteiger partial charge in [-0.3, -0.25) is 19.5 Å². The van der Waals surface area contributed by atoms with Crippen LogP contribution in [0.2, 0.25) is 0 Å². The van der Waals surface area contributed by atoms with E-state index < -0.39 is 26.2 Å². The predicted octanol–water partition coefficient (Wildman–Crippen LogP) is 0.117. The van der Waals surface area contributed by atoms with E-state index >= 15 is 0 Å². The van der Waals surface area contributed by atoms with Gasteiger partial charge in [-0.25, -0.2) is 13.2 Å². The Bertz CT molecular complexity index is 1210. The highest BCUT2D eigenvalue weighted by Crippen LogP contribution is 2.25. The van der Waals surface area contributed by atoms with Gasteiger partial charge in [0.25, 0.3) is 5.56 Å². The molecular weight excluding hydrogens is 446 g/mol. The number of nitrogens with zero attached hydrogens (tertiary/aromatic N) is 3. The summed E-state index contributed by atoms with van der Waals surface area (Å²) in [5.74, 6) is -0.156. The molecule has 2 fully saturated rings. The number of rotatable bonds is 5. The number of carbonyl (C=O) groups is 1. The summed E-state index contributed by atoms with van der Waals surface area (Å²) in [7, 11) is -4.06.